The highest BCUT2D eigenvalue weighted by Crippen LogP contribution is 2.23. The summed E-state index contributed by atoms with van der Waals surface area (Å²) in [7, 11) is 0. The molecule has 1 heterocycles. The largest absolute Gasteiger partial charge is 0.326 e. The molecule has 0 saturated heterocycles. The van der Waals surface area contributed by atoms with Gasteiger partial charge in [-0.25, -0.2) is 0 Å². The van der Waals surface area contributed by atoms with Gasteiger partial charge in [0, 0.05) is 16.7 Å². The Kier molecular flexibility index (Phi) is 4.36. The van der Waals surface area contributed by atoms with E-state index in [0.29, 0.717) is 6.42 Å². The Morgan fingerprint density at radius 3 is 2.95 bits per heavy atom. The molecule has 108 valence electrons. The molecule has 0 bridgehead atoms. The molecule has 0 saturated carbocycles. The van der Waals surface area contributed by atoms with Crippen LogP contribution in [0.3, 0.4) is 0 Å². The first-order valence-electron chi connectivity index (χ1n) is 7.08. The fourth-order valence-corrected chi connectivity index (χ4v) is 3.12. The molecule has 0 atom stereocenters. The van der Waals surface area contributed by atoms with Crippen LogP contribution in [0.15, 0.2) is 46.9 Å². The minimum Gasteiger partial charge on any atom is -0.326 e. The summed E-state index contributed by atoms with van der Waals surface area (Å²) in [6, 6.07) is 14.0. The summed E-state index contributed by atoms with van der Waals surface area (Å²) in [6.45, 7) is 1.84. The van der Waals surface area contributed by atoms with Crippen LogP contribution in [0.1, 0.15) is 16.7 Å². The molecule has 0 aliphatic carbocycles. The van der Waals surface area contributed by atoms with Crippen LogP contribution in [-0.2, 0) is 24.2 Å². The number of hydrogen-bond donors (Lipinski definition) is 2. The first-order chi connectivity index (χ1) is 10.2. The van der Waals surface area contributed by atoms with Crippen LogP contribution < -0.4 is 10.6 Å². The Hall–Kier alpha value is -1.65. The maximum absolute atomic E-state index is 12.2. The molecule has 0 aromatic heterocycles. The zero-order valence-corrected chi connectivity index (χ0v) is 13.2. The van der Waals surface area contributed by atoms with Gasteiger partial charge in [0.2, 0.25) is 5.91 Å². The number of carbonyl (C=O) groups excluding carboxylic acids is 1. The van der Waals surface area contributed by atoms with Crippen molar-refractivity contribution in [1.82, 2.24) is 5.32 Å². The zero-order chi connectivity index (χ0) is 14.7. The van der Waals surface area contributed by atoms with Crippen LogP contribution in [0.5, 0.6) is 0 Å². The van der Waals surface area contributed by atoms with Gasteiger partial charge in [-0.15, -0.1) is 0 Å². The molecular weight excluding hydrogens is 328 g/mol. The molecule has 1 aliphatic rings. The third-order valence-corrected chi connectivity index (χ3v) is 4.16. The van der Waals surface area contributed by atoms with Crippen molar-refractivity contribution in [2.75, 3.05) is 11.9 Å². The summed E-state index contributed by atoms with van der Waals surface area (Å²) in [4.78, 5) is 12.2. The maximum atomic E-state index is 12.2. The van der Waals surface area contributed by atoms with Crippen LogP contribution in [0, 0.1) is 0 Å². The third-order valence-electron chi connectivity index (χ3n) is 3.67. The molecular formula is C17H17BrN2O. The number of halogens is 1. The van der Waals surface area contributed by atoms with Gasteiger partial charge >= 0.3 is 0 Å². The van der Waals surface area contributed by atoms with E-state index in [1.54, 1.807) is 0 Å². The molecule has 0 spiro atoms. The van der Waals surface area contributed by atoms with Crippen molar-refractivity contribution in [2.45, 2.75) is 19.4 Å². The lowest BCUT2D eigenvalue weighted by molar-refractivity contribution is -0.115. The smallest absolute Gasteiger partial charge is 0.228 e. The number of nitrogens with one attached hydrogen (secondary N) is 2. The van der Waals surface area contributed by atoms with Gasteiger partial charge < -0.3 is 10.6 Å². The van der Waals surface area contributed by atoms with Gasteiger partial charge in [0.25, 0.3) is 0 Å². The number of anilines is 1. The molecule has 1 amide bonds. The van der Waals surface area contributed by atoms with Crippen molar-refractivity contribution >= 4 is 27.5 Å². The SMILES string of the molecule is O=C(Cc1cccc(Br)c1)Nc1cccc2c1CCNC2. The highest BCUT2D eigenvalue weighted by atomic mass is 79.9. The fourth-order valence-electron chi connectivity index (χ4n) is 2.68. The second kappa shape index (κ2) is 6.41. The average molecular weight is 345 g/mol. The molecule has 4 heteroatoms. The monoisotopic (exact) mass is 344 g/mol. The molecule has 1 aliphatic heterocycles. The summed E-state index contributed by atoms with van der Waals surface area (Å²) in [5.74, 6) is 0.0278. The van der Waals surface area contributed by atoms with Crippen molar-refractivity contribution in [3.8, 4) is 0 Å². The zero-order valence-electron chi connectivity index (χ0n) is 11.7. The van der Waals surface area contributed by atoms with Gasteiger partial charge in [0.1, 0.15) is 0 Å². The molecule has 0 radical (unpaired) electrons. The Bertz CT molecular complexity index is 670. The quantitative estimate of drug-likeness (QED) is 0.897. The van der Waals surface area contributed by atoms with Crippen molar-refractivity contribution < 1.29 is 4.79 Å². The summed E-state index contributed by atoms with van der Waals surface area (Å²) in [6.07, 6.45) is 1.35. The van der Waals surface area contributed by atoms with Crippen LogP contribution in [0.2, 0.25) is 0 Å². The second-order valence-electron chi connectivity index (χ2n) is 5.22. The predicted molar refractivity (Wildman–Crippen MR) is 88.3 cm³/mol. The molecule has 21 heavy (non-hydrogen) atoms. The standard InChI is InChI=1S/C17H17BrN2O/c18-14-5-1-3-12(9-14)10-17(21)20-16-6-2-4-13-11-19-8-7-15(13)16/h1-6,9,19H,7-8,10-11H2,(H,20,21). The number of rotatable bonds is 3. The fraction of sp³-hybridized carbons (Fsp3) is 0.235. The normalized spacial score (nSPS) is 13.6. The van der Waals surface area contributed by atoms with Gasteiger partial charge in [-0.05, 0) is 47.9 Å². The van der Waals surface area contributed by atoms with E-state index in [1.807, 2.05) is 36.4 Å². The number of carbonyl (C=O) groups is 1. The highest BCUT2D eigenvalue weighted by Gasteiger charge is 2.14. The van der Waals surface area contributed by atoms with Crippen molar-refractivity contribution in [3.05, 3.63) is 63.6 Å². The van der Waals surface area contributed by atoms with Crippen LogP contribution in [-0.4, -0.2) is 12.5 Å². The molecule has 2 aromatic carbocycles. The number of hydrogen-bond acceptors (Lipinski definition) is 2. The minimum absolute atomic E-state index is 0.0278. The molecule has 2 N–H and O–H groups in total. The van der Waals surface area contributed by atoms with Crippen LogP contribution >= 0.6 is 15.9 Å². The Morgan fingerprint density at radius 1 is 1.24 bits per heavy atom. The molecule has 3 rings (SSSR count). The van der Waals surface area contributed by atoms with Gasteiger partial charge in [-0.2, -0.15) is 0 Å². The van der Waals surface area contributed by atoms with Crippen molar-refractivity contribution in [1.29, 1.82) is 0 Å². The molecule has 3 nitrogen and oxygen atoms in total. The van der Waals surface area contributed by atoms with E-state index in [2.05, 4.69) is 32.6 Å². The molecule has 0 fully saturated rings. The van der Waals surface area contributed by atoms with Gasteiger partial charge in [-0.3, -0.25) is 4.79 Å². The number of amides is 1. The molecule has 2 aromatic rings. The summed E-state index contributed by atoms with van der Waals surface area (Å²) >= 11 is 3.43. The summed E-state index contributed by atoms with van der Waals surface area (Å²) < 4.78 is 0.996. The average Bonchev–Trinajstić information content (AvgIpc) is 2.47. The van der Waals surface area contributed by atoms with Crippen LogP contribution in [0.25, 0.3) is 0 Å². The molecule has 0 unspecified atom stereocenters. The van der Waals surface area contributed by atoms with Gasteiger partial charge in [0.05, 0.1) is 6.42 Å². The van der Waals surface area contributed by atoms with Gasteiger partial charge in [0.15, 0.2) is 0 Å². The topological polar surface area (TPSA) is 41.1 Å². The van der Waals surface area contributed by atoms with E-state index in [4.69, 9.17) is 0 Å². The van der Waals surface area contributed by atoms with E-state index >= 15 is 0 Å². The van der Waals surface area contributed by atoms with E-state index < -0.39 is 0 Å². The lowest BCUT2D eigenvalue weighted by atomic mass is 9.99. The third kappa shape index (κ3) is 3.52. The van der Waals surface area contributed by atoms with Gasteiger partial charge in [-0.1, -0.05) is 40.2 Å². The van der Waals surface area contributed by atoms with Crippen molar-refractivity contribution in [2.24, 2.45) is 0 Å². The van der Waals surface area contributed by atoms with Crippen LogP contribution in [0.4, 0.5) is 5.69 Å². The highest BCUT2D eigenvalue weighted by molar-refractivity contribution is 9.10. The summed E-state index contributed by atoms with van der Waals surface area (Å²) in [5, 5.41) is 6.41. The Balaban J connectivity index is 1.73. The summed E-state index contributed by atoms with van der Waals surface area (Å²) in [5.41, 5.74) is 4.50. The van der Waals surface area contributed by atoms with E-state index in [9.17, 15) is 4.79 Å². The number of fused-ring (bicyclic) bond motifs is 1. The van der Waals surface area contributed by atoms with Crippen molar-refractivity contribution in [3.63, 3.8) is 0 Å². The number of benzene rings is 2. The second-order valence-corrected chi connectivity index (χ2v) is 6.14. The first-order valence-corrected chi connectivity index (χ1v) is 7.87. The van der Waals surface area contributed by atoms with E-state index in [0.717, 1.165) is 35.2 Å². The minimum atomic E-state index is 0.0278. The predicted octanol–water partition coefficient (Wildman–Crippen LogP) is 3.28. The first kappa shape index (κ1) is 14.3. The Labute approximate surface area is 132 Å². The Morgan fingerprint density at radius 2 is 2.10 bits per heavy atom. The lowest BCUT2D eigenvalue weighted by Crippen LogP contribution is -2.25. The maximum Gasteiger partial charge on any atom is 0.228 e. The van der Waals surface area contributed by atoms with E-state index in [-0.39, 0.29) is 5.91 Å². The lowest BCUT2D eigenvalue weighted by Gasteiger charge is -2.20. The van der Waals surface area contributed by atoms with E-state index in [1.165, 1.54) is 11.1 Å².